The molecule has 0 N–H and O–H groups in total. The number of nitriles is 2. The SMILES string of the molecule is N#CCC(c1ccccc1)C(C#N)c1ccccc1. The van der Waals surface area contributed by atoms with Gasteiger partial charge in [0.15, 0.2) is 0 Å². The Morgan fingerprint density at radius 2 is 1.32 bits per heavy atom. The van der Waals surface area contributed by atoms with Crippen molar-refractivity contribution in [2.24, 2.45) is 0 Å². The maximum atomic E-state index is 9.48. The second kappa shape index (κ2) is 6.38. The summed E-state index contributed by atoms with van der Waals surface area (Å²) >= 11 is 0. The molecule has 0 aromatic heterocycles. The molecule has 0 radical (unpaired) electrons. The fraction of sp³-hybridized carbons (Fsp3) is 0.176. The van der Waals surface area contributed by atoms with Crippen LogP contribution in [-0.4, -0.2) is 0 Å². The summed E-state index contributed by atoms with van der Waals surface area (Å²) < 4.78 is 0. The third-order valence-corrected chi connectivity index (χ3v) is 3.24. The van der Waals surface area contributed by atoms with Crippen molar-refractivity contribution in [1.82, 2.24) is 0 Å². The van der Waals surface area contributed by atoms with E-state index in [2.05, 4.69) is 12.1 Å². The molecule has 2 rings (SSSR count). The van der Waals surface area contributed by atoms with Gasteiger partial charge in [0.05, 0.1) is 18.1 Å². The third kappa shape index (κ3) is 3.00. The Hall–Kier alpha value is -2.58. The van der Waals surface area contributed by atoms with Crippen LogP contribution in [0.15, 0.2) is 60.7 Å². The van der Waals surface area contributed by atoms with E-state index in [0.717, 1.165) is 11.1 Å². The van der Waals surface area contributed by atoms with Gasteiger partial charge < -0.3 is 0 Å². The van der Waals surface area contributed by atoms with Gasteiger partial charge in [0.25, 0.3) is 0 Å². The van der Waals surface area contributed by atoms with Gasteiger partial charge in [-0.2, -0.15) is 10.5 Å². The molecule has 2 atom stereocenters. The Labute approximate surface area is 113 Å². The molecular weight excluding hydrogens is 232 g/mol. The average Bonchev–Trinajstić information content (AvgIpc) is 2.49. The summed E-state index contributed by atoms with van der Waals surface area (Å²) in [5.41, 5.74) is 2.01. The van der Waals surface area contributed by atoms with Crippen molar-refractivity contribution in [2.45, 2.75) is 18.3 Å². The summed E-state index contributed by atoms with van der Waals surface area (Å²) in [6.45, 7) is 0. The van der Waals surface area contributed by atoms with Gasteiger partial charge in [-0.3, -0.25) is 0 Å². The lowest BCUT2D eigenvalue weighted by Crippen LogP contribution is -2.09. The predicted molar refractivity (Wildman–Crippen MR) is 74.2 cm³/mol. The summed E-state index contributed by atoms with van der Waals surface area (Å²) in [6, 6.07) is 24.0. The maximum absolute atomic E-state index is 9.48. The first-order valence-corrected chi connectivity index (χ1v) is 6.23. The number of benzene rings is 2. The number of hydrogen-bond donors (Lipinski definition) is 0. The van der Waals surface area contributed by atoms with Crippen LogP contribution >= 0.6 is 0 Å². The molecule has 2 aromatic carbocycles. The first-order chi connectivity index (χ1) is 9.36. The smallest absolute Gasteiger partial charge is 0.0791 e. The number of rotatable bonds is 4. The minimum absolute atomic E-state index is 0.0846. The van der Waals surface area contributed by atoms with E-state index in [9.17, 15) is 5.26 Å². The molecule has 0 saturated carbocycles. The summed E-state index contributed by atoms with van der Waals surface area (Å²) in [7, 11) is 0. The molecule has 0 heterocycles. The summed E-state index contributed by atoms with van der Waals surface area (Å²) in [5.74, 6) is -0.373. The molecule has 92 valence electrons. The number of hydrogen-bond acceptors (Lipinski definition) is 2. The summed E-state index contributed by atoms with van der Waals surface area (Å²) in [5, 5.41) is 18.5. The second-order valence-electron chi connectivity index (χ2n) is 4.40. The molecule has 0 aliphatic carbocycles. The van der Waals surface area contributed by atoms with Gasteiger partial charge in [0, 0.05) is 12.3 Å². The van der Waals surface area contributed by atoms with E-state index in [1.54, 1.807) is 0 Å². The van der Waals surface area contributed by atoms with E-state index in [1.807, 2.05) is 60.7 Å². The van der Waals surface area contributed by atoms with Crippen molar-refractivity contribution in [3.8, 4) is 12.1 Å². The van der Waals surface area contributed by atoms with Gasteiger partial charge >= 0.3 is 0 Å². The molecule has 0 aliphatic rings. The fourth-order valence-corrected chi connectivity index (χ4v) is 2.28. The van der Waals surface area contributed by atoms with Crippen molar-refractivity contribution < 1.29 is 0 Å². The monoisotopic (exact) mass is 246 g/mol. The molecule has 0 aliphatic heterocycles. The van der Waals surface area contributed by atoms with Gasteiger partial charge in [0.2, 0.25) is 0 Å². The van der Waals surface area contributed by atoms with E-state index in [1.165, 1.54) is 0 Å². The van der Waals surface area contributed by atoms with Gasteiger partial charge in [0.1, 0.15) is 0 Å². The molecule has 0 fully saturated rings. The lowest BCUT2D eigenvalue weighted by molar-refractivity contribution is 0.641. The van der Waals surface area contributed by atoms with Crippen LogP contribution in [0.1, 0.15) is 29.4 Å². The first kappa shape index (κ1) is 12.9. The van der Waals surface area contributed by atoms with Gasteiger partial charge in [-0.15, -0.1) is 0 Å². The second-order valence-corrected chi connectivity index (χ2v) is 4.40. The molecule has 19 heavy (non-hydrogen) atoms. The zero-order valence-corrected chi connectivity index (χ0v) is 10.5. The van der Waals surface area contributed by atoms with Crippen LogP contribution in [0.4, 0.5) is 0 Å². The Balaban J connectivity index is 2.39. The van der Waals surface area contributed by atoms with Gasteiger partial charge in [-0.1, -0.05) is 60.7 Å². The highest BCUT2D eigenvalue weighted by molar-refractivity contribution is 5.33. The Kier molecular flexibility index (Phi) is 4.32. The van der Waals surface area contributed by atoms with Gasteiger partial charge in [-0.25, -0.2) is 0 Å². The van der Waals surface area contributed by atoms with E-state index < -0.39 is 0 Å². The standard InChI is InChI=1S/C17H14N2/c18-12-11-16(14-7-3-1-4-8-14)17(13-19)15-9-5-2-6-10-15/h1-10,16-17H,11H2. The Bertz CT molecular complexity index is 591. The Morgan fingerprint density at radius 1 is 0.789 bits per heavy atom. The number of nitrogens with zero attached hydrogens (tertiary/aromatic N) is 2. The highest BCUT2D eigenvalue weighted by Crippen LogP contribution is 2.34. The summed E-state index contributed by atoms with van der Waals surface area (Å²) in [6.07, 6.45) is 0.344. The van der Waals surface area contributed by atoms with Crippen LogP contribution in [0.3, 0.4) is 0 Å². The van der Waals surface area contributed by atoms with Crippen molar-refractivity contribution in [2.75, 3.05) is 0 Å². The van der Waals surface area contributed by atoms with Gasteiger partial charge in [-0.05, 0) is 11.1 Å². The highest BCUT2D eigenvalue weighted by Gasteiger charge is 2.24. The quantitative estimate of drug-likeness (QED) is 0.818. The molecule has 2 nitrogen and oxygen atoms in total. The maximum Gasteiger partial charge on any atom is 0.0791 e. The minimum Gasteiger partial charge on any atom is -0.198 e. The van der Waals surface area contributed by atoms with Crippen LogP contribution in [0.5, 0.6) is 0 Å². The molecule has 0 amide bonds. The van der Waals surface area contributed by atoms with E-state index in [4.69, 9.17) is 5.26 Å². The molecule has 0 saturated heterocycles. The topological polar surface area (TPSA) is 47.6 Å². The van der Waals surface area contributed by atoms with E-state index in [-0.39, 0.29) is 11.8 Å². The summed E-state index contributed by atoms with van der Waals surface area (Å²) in [4.78, 5) is 0. The lowest BCUT2D eigenvalue weighted by atomic mass is 9.80. The van der Waals surface area contributed by atoms with Crippen molar-refractivity contribution in [1.29, 1.82) is 10.5 Å². The molecule has 0 bridgehead atoms. The molecule has 2 heteroatoms. The Morgan fingerprint density at radius 3 is 1.79 bits per heavy atom. The van der Waals surface area contributed by atoms with Crippen LogP contribution in [-0.2, 0) is 0 Å². The third-order valence-electron chi connectivity index (χ3n) is 3.24. The highest BCUT2D eigenvalue weighted by atomic mass is 14.3. The lowest BCUT2D eigenvalue weighted by Gasteiger charge is -2.20. The van der Waals surface area contributed by atoms with Crippen molar-refractivity contribution >= 4 is 0 Å². The fourth-order valence-electron chi connectivity index (χ4n) is 2.28. The zero-order chi connectivity index (χ0) is 13.5. The van der Waals surface area contributed by atoms with Crippen LogP contribution in [0.2, 0.25) is 0 Å². The van der Waals surface area contributed by atoms with Crippen LogP contribution in [0, 0.1) is 22.7 Å². The normalized spacial score (nSPS) is 12.9. The molecular formula is C17H14N2. The average molecular weight is 246 g/mol. The molecule has 2 aromatic rings. The molecule has 0 spiro atoms. The van der Waals surface area contributed by atoms with E-state index in [0.29, 0.717) is 6.42 Å². The van der Waals surface area contributed by atoms with Crippen LogP contribution in [0.25, 0.3) is 0 Å². The zero-order valence-electron chi connectivity index (χ0n) is 10.5. The van der Waals surface area contributed by atoms with E-state index >= 15 is 0 Å². The molecule has 2 unspecified atom stereocenters. The van der Waals surface area contributed by atoms with Crippen LogP contribution < -0.4 is 0 Å². The van der Waals surface area contributed by atoms with Crippen molar-refractivity contribution in [3.05, 3.63) is 71.8 Å². The largest absolute Gasteiger partial charge is 0.198 e. The first-order valence-electron chi connectivity index (χ1n) is 6.23. The van der Waals surface area contributed by atoms with Crippen molar-refractivity contribution in [3.63, 3.8) is 0 Å². The minimum atomic E-state index is -0.289. The predicted octanol–water partition coefficient (Wildman–Crippen LogP) is 3.99.